The molecule has 0 radical (unpaired) electrons. The Kier molecular flexibility index (Phi) is 4.39. The maximum absolute atomic E-state index is 5.77. The molecule has 0 fully saturated rings. The van der Waals surface area contributed by atoms with Crippen LogP contribution in [0.5, 0.6) is 5.75 Å². The first kappa shape index (κ1) is 12.4. The topological polar surface area (TPSA) is 35.2 Å². The number of rotatable bonds is 4. The van der Waals surface area contributed by atoms with E-state index in [9.17, 15) is 0 Å². The minimum Gasteiger partial charge on any atom is -0.488 e. The molecule has 0 heterocycles. The maximum atomic E-state index is 5.77. The molecule has 88 valence electrons. The lowest BCUT2D eigenvalue weighted by Crippen LogP contribution is -2.00. The Morgan fingerprint density at radius 1 is 1.00 bits per heavy atom. The van der Waals surface area contributed by atoms with Gasteiger partial charge in [-0.05, 0) is 45.9 Å². The van der Waals surface area contributed by atoms with Gasteiger partial charge in [0.2, 0.25) is 0 Å². The molecule has 0 atom stereocenters. The molecule has 2 aromatic rings. The van der Waals surface area contributed by atoms with Gasteiger partial charge in [0.1, 0.15) is 12.4 Å². The minimum atomic E-state index is 0.564. The van der Waals surface area contributed by atoms with E-state index in [4.69, 9.17) is 10.5 Å². The molecule has 2 nitrogen and oxygen atoms in total. The van der Waals surface area contributed by atoms with Gasteiger partial charge in [-0.15, -0.1) is 0 Å². The van der Waals surface area contributed by atoms with E-state index in [1.54, 1.807) is 0 Å². The van der Waals surface area contributed by atoms with Gasteiger partial charge in [0.05, 0.1) is 3.57 Å². The highest BCUT2D eigenvalue weighted by Crippen LogP contribution is 2.22. The Bertz CT molecular complexity index is 485. The molecule has 0 aliphatic rings. The molecule has 0 spiro atoms. The van der Waals surface area contributed by atoms with Gasteiger partial charge in [-0.1, -0.05) is 36.4 Å². The highest BCUT2D eigenvalue weighted by atomic mass is 127. The minimum absolute atomic E-state index is 0.564. The van der Waals surface area contributed by atoms with Gasteiger partial charge in [0.15, 0.2) is 0 Å². The average molecular weight is 339 g/mol. The van der Waals surface area contributed by atoms with Crippen molar-refractivity contribution in [1.29, 1.82) is 0 Å². The lowest BCUT2D eigenvalue weighted by molar-refractivity contribution is 0.304. The number of benzene rings is 2. The lowest BCUT2D eigenvalue weighted by atomic mass is 10.2. The molecule has 0 amide bonds. The summed E-state index contributed by atoms with van der Waals surface area (Å²) in [7, 11) is 0. The molecular weight excluding hydrogens is 325 g/mol. The van der Waals surface area contributed by atoms with Crippen molar-refractivity contribution in [2.45, 2.75) is 13.2 Å². The molecule has 0 unspecified atom stereocenters. The molecule has 0 aliphatic carbocycles. The summed E-state index contributed by atoms with van der Waals surface area (Å²) < 4.78 is 6.87. The van der Waals surface area contributed by atoms with Crippen LogP contribution < -0.4 is 10.5 Å². The monoisotopic (exact) mass is 339 g/mol. The molecular formula is C14H14INO. The summed E-state index contributed by atoms with van der Waals surface area (Å²) in [5.74, 6) is 0.909. The standard InChI is InChI=1S/C14H14INO/c15-13-8-12(9-16)6-7-14(13)17-10-11-4-2-1-3-5-11/h1-8H,9-10,16H2. The van der Waals surface area contributed by atoms with Crippen LogP contribution in [0.15, 0.2) is 48.5 Å². The smallest absolute Gasteiger partial charge is 0.133 e. The van der Waals surface area contributed by atoms with E-state index in [-0.39, 0.29) is 0 Å². The molecule has 2 N–H and O–H groups in total. The molecule has 0 saturated heterocycles. The van der Waals surface area contributed by atoms with Crippen molar-refractivity contribution in [1.82, 2.24) is 0 Å². The maximum Gasteiger partial charge on any atom is 0.133 e. The van der Waals surface area contributed by atoms with Gasteiger partial charge in [0.25, 0.3) is 0 Å². The van der Waals surface area contributed by atoms with E-state index in [2.05, 4.69) is 40.8 Å². The molecule has 2 rings (SSSR count). The summed E-state index contributed by atoms with van der Waals surface area (Å²) in [6, 6.07) is 16.2. The van der Waals surface area contributed by atoms with Crippen LogP contribution in [0.3, 0.4) is 0 Å². The van der Waals surface area contributed by atoms with Crippen LogP contribution in [-0.4, -0.2) is 0 Å². The van der Waals surface area contributed by atoms with Crippen molar-refractivity contribution >= 4 is 22.6 Å². The predicted molar refractivity (Wildman–Crippen MR) is 77.8 cm³/mol. The zero-order chi connectivity index (χ0) is 12.1. The first-order chi connectivity index (χ1) is 8.29. The molecule has 0 bridgehead atoms. The van der Waals surface area contributed by atoms with Gasteiger partial charge < -0.3 is 10.5 Å². The molecule has 0 aliphatic heterocycles. The molecule has 2 aromatic carbocycles. The van der Waals surface area contributed by atoms with E-state index < -0.39 is 0 Å². The van der Waals surface area contributed by atoms with Crippen LogP contribution in [0.1, 0.15) is 11.1 Å². The summed E-state index contributed by atoms with van der Waals surface area (Å²) in [5, 5.41) is 0. The average Bonchev–Trinajstić information content (AvgIpc) is 2.38. The molecule has 3 heteroatoms. The summed E-state index contributed by atoms with van der Waals surface area (Å²) in [6.07, 6.45) is 0. The second kappa shape index (κ2) is 6.02. The van der Waals surface area contributed by atoms with Crippen LogP contribution in [0.25, 0.3) is 0 Å². The van der Waals surface area contributed by atoms with Gasteiger partial charge in [-0.25, -0.2) is 0 Å². The van der Waals surface area contributed by atoms with Crippen molar-refractivity contribution in [3.8, 4) is 5.75 Å². The van der Waals surface area contributed by atoms with Crippen LogP contribution in [0.4, 0.5) is 0 Å². The zero-order valence-electron chi connectivity index (χ0n) is 9.40. The zero-order valence-corrected chi connectivity index (χ0v) is 11.6. The number of ether oxygens (including phenoxy) is 1. The Hall–Kier alpha value is -1.07. The normalized spacial score (nSPS) is 10.2. The van der Waals surface area contributed by atoms with Crippen molar-refractivity contribution in [3.63, 3.8) is 0 Å². The SMILES string of the molecule is NCc1ccc(OCc2ccccc2)c(I)c1. The lowest BCUT2D eigenvalue weighted by Gasteiger charge is -2.09. The van der Waals surface area contributed by atoms with Crippen LogP contribution in [0, 0.1) is 3.57 Å². The molecule has 0 saturated carbocycles. The largest absolute Gasteiger partial charge is 0.488 e. The van der Waals surface area contributed by atoms with Gasteiger partial charge >= 0.3 is 0 Å². The Morgan fingerprint density at radius 3 is 2.41 bits per heavy atom. The summed E-state index contributed by atoms with van der Waals surface area (Å²) in [5.41, 5.74) is 7.89. The fourth-order valence-corrected chi connectivity index (χ4v) is 2.26. The summed E-state index contributed by atoms with van der Waals surface area (Å²) in [6.45, 7) is 1.16. The van der Waals surface area contributed by atoms with Gasteiger partial charge in [0, 0.05) is 6.54 Å². The molecule has 17 heavy (non-hydrogen) atoms. The van der Waals surface area contributed by atoms with Crippen molar-refractivity contribution in [2.24, 2.45) is 5.73 Å². The second-order valence-electron chi connectivity index (χ2n) is 3.74. The number of nitrogens with two attached hydrogens (primary N) is 1. The van der Waals surface area contributed by atoms with E-state index in [1.807, 2.05) is 30.3 Å². The van der Waals surface area contributed by atoms with E-state index in [0.717, 1.165) is 14.9 Å². The van der Waals surface area contributed by atoms with Crippen LogP contribution in [-0.2, 0) is 13.2 Å². The van der Waals surface area contributed by atoms with E-state index in [1.165, 1.54) is 5.56 Å². The Balaban J connectivity index is 2.04. The first-order valence-corrected chi connectivity index (χ1v) is 6.52. The van der Waals surface area contributed by atoms with Gasteiger partial charge in [-0.3, -0.25) is 0 Å². The highest BCUT2D eigenvalue weighted by Gasteiger charge is 2.02. The second-order valence-corrected chi connectivity index (χ2v) is 4.91. The number of hydrogen-bond acceptors (Lipinski definition) is 2. The Morgan fingerprint density at radius 2 is 1.76 bits per heavy atom. The number of halogens is 1. The Labute approximate surface area is 115 Å². The van der Waals surface area contributed by atoms with E-state index >= 15 is 0 Å². The van der Waals surface area contributed by atoms with Crippen LogP contribution in [0.2, 0.25) is 0 Å². The van der Waals surface area contributed by atoms with Crippen LogP contribution >= 0.6 is 22.6 Å². The molecule has 0 aromatic heterocycles. The third-order valence-electron chi connectivity index (χ3n) is 2.47. The van der Waals surface area contributed by atoms with Crippen molar-refractivity contribution < 1.29 is 4.74 Å². The summed E-state index contributed by atoms with van der Waals surface area (Å²) >= 11 is 2.27. The van der Waals surface area contributed by atoms with Crippen molar-refractivity contribution in [3.05, 3.63) is 63.2 Å². The summed E-state index contributed by atoms with van der Waals surface area (Å²) in [4.78, 5) is 0. The number of hydrogen-bond donors (Lipinski definition) is 1. The van der Waals surface area contributed by atoms with E-state index in [0.29, 0.717) is 13.2 Å². The first-order valence-electron chi connectivity index (χ1n) is 5.45. The fraction of sp³-hybridized carbons (Fsp3) is 0.143. The quantitative estimate of drug-likeness (QED) is 0.868. The fourth-order valence-electron chi connectivity index (χ4n) is 1.52. The highest BCUT2D eigenvalue weighted by molar-refractivity contribution is 14.1. The van der Waals surface area contributed by atoms with Gasteiger partial charge in [-0.2, -0.15) is 0 Å². The predicted octanol–water partition coefficient (Wildman–Crippen LogP) is 3.33. The van der Waals surface area contributed by atoms with Crippen molar-refractivity contribution in [2.75, 3.05) is 0 Å². The third-order valence-corrected chi connectivity index (χ3v) is 3.31. The third kappa shape index (κ3) is 3.44.